The van der Waals surface area contributed by atoms with Gasteiger partial charge in [0, 0.05) is 0 Å². The van der Waals surface area contributed by atoms with Crippen molar-refractivity contribution in [2.24, 2.45) is 5.73 Å². The van der Waals surface area contributed by atoms with Crippen molar-refractivity contribution in [2.45, 2.75) is 12.8 Å². The van der Waals surface area contributed by atoms with Gasteiger partial charge in [-0.15, -0.1) is 0 Å². The summed E-state index contributed by atoms with van der Waals surface area (Å²) in [6.07, 6.45) is 0. The van der Waals surface area contributed by atoms with Gasteiger partial charge in [-0.25, -0.2) is 8.78 Å². The molecule has 0 unspecified atom stereocenters. The lowest BCUT2D eigenvalue weighted by atomic mass is 10.0. The lowest BCUT2D eigenvalue weighted by molar-refractivity contribution is 0.505. The van der Waals surface area contributed by atoms with E-state index in [1.807, 2.05) is 6.92 Å². The summed E-state index contributed by atoms with van der Waals surface area (Å²) in [5.74, 6) is -1.56. The van der Waals surface area contributed by atoms with Gasteiger partial charge in [-0.05, 0) is 30.2 Å². The lowest BCUT2D eigenvalue weighted by Gasteiger charge is -2.08. The second-order valence-corrected chi connectivity index (χ2v) is 2.81. The zero-order valence-electron chi connectivity index (χ0n) is 6.85. The predicted octanol–water partition coefficient (Wildman–Crippen LogP) is 2.03. The van der Waals surface area contributed by atoms with Crippen LogP contribution in [0.4, 0.5) is 8.78 Å². The van der Waals surface area contributed by atoms with Gasteiger partial charge in [-0.2, -0.15) is 0 Å². The molecule has 0 aromatic heterocycles. The average molecular weight is 171 g/mol. The number of nitrogens with two attached hydrogens (primary N) is 1. The molecule has 66 valence electrons. The zero-order chi connectivity index (χ0) is 9.14. The molecule has 3 heteroatoms. The van der Waals surface area contributed by atoms with E-state index in [9.17, 15) is 8.78 Å². The maximum Gasteiger partial charge on any atom is 0.159 e. The maximum absolute atomic E-state index is 12.7. The fourth-order valence-corrected chi connectivity index (χ4v) is 0.955. The monoisotopic (exact) mass is 171 g/mol. The summed E-state index contributed by atoms with van der Waals surface area (Å²) in [6.45, 7) is 2.30. The van der Waals surface area contributed by atoms with Crippen LogP contribution < -0.4 is 5.73 Å². The number of hydrogen-bond acceptors (Lipinski definition) is 1. The van der Waals surface area contributed by atoms with Gasteiger partial charge in [0.15, 0.2) is 11.6 Å². The summed E-state index contributed by atoms with van der Waals surface area (Å²) in [6, 6.07) is 3.86. The van der Waals surface area contributed by atoms with Gasteiger partial charge in [-0.3, -0.25) is 0 Å². The highest BCUT2D eigenvalue weighted by Gasteiger charge is 2.06. The number of rotatable bonds is 2. The molecule has 1 nitrogen and oxygen atoms in total. The second-order valence-electron chi connectivity index (χ2n) is 2.81. The molecule has 0 radical (unpaired) electrons. The standard InChI is InChI=1S/C9H11F2N/c1-6(5-12)7-2-3-8(10)9(11)4-7/h2-4,6H,5,12H2,1H3/t6-/m0/s1. The summed E-state index contributed by atoms with van der Waals surface area (Å²) < 4.78 is 25.1. The lowest BCUT2D eigenvalue weighted by Crippen LogP contribution is -2.09. The van der Waals surface area contributed by atoms with Gasteiger partial charge in [0.25, 0.3) is 0 Å². The Hall–Kier alpha value is -0.960. The fourth-order valence-electron chi connectivity index (χ4n) is 0.955. The van der Waals surface area contributed by atoms with E-state index in [0.717, 1.165) is 11.6 Å². The van der Waals surface area contributed by atoms with Crippen LogP contribution >= 0.6 is 0 Å². The normalized spacial score (nSPS) is 13.0. The Kier molecular flexibility index (Phi) is 2.76. The van der Waals surface area contributed by atoms with Crippen LogP contribution in [0.25, 0.3) is 0 Å². The first-order chi connectivity index (χ1) is 5.65. The Morgan fingerprint density at radius 2 is 2.00 bits per heavy atom. The Morgan fingerprint density at radius 3 is 2.50 bits per heavy atom. The third-order valence-electron chi connectivity index (χ3n) is 1.87. The van der Waals surface area contributed by atoms with Crippen molar-refractivity contribution in [3.63, 3.8) is 0 Å². The Bertz CT molecular complexity index is 273. The van der Waals surface area contributed by atoms with Crippen molar-refractivity contribution in [3.05, 3.63) is 35.4 Å². The molecule has 0 amide bonds. The molecule has 1 aromatic rings. The van der Waals surface area contributed by atoms with E-state index >= 15 is 0 Å². The quantitative estimate of drug-likeness (QED) is 0.723. The molecule has 0 heterocycles. The van der Waals surface area contributed by atoms with Crippen LogP contribution in [0.15, 0.2) is 18.2 Å². The van der Waals surface area contributed by atoms with Crippen molar-refractivity contribution < 1.29 is 8.78 Å². The van der Waals surface area contributed by atoms with Crippen molar-refractivity contribution in [2.75, 3.05) is 6.54 Å². The molecule has 0 aliphatic rings. The Morgan fingerprint density at radius 1 is 1.33 bits per heavy atom. The Balaban J connectivity index is 2.96. The number of halogens is 2. The molecule has 0 aliphatic carbocycles. The maximum atomic E-state index is 12.7. The number of hydrogen-bond donors (Lipinski definition) is 1. The summed E-state index contributed by atoms with van der Waals surface area (Å²) in [4.78, 5) is 0. The van der Waals surface area contributed by atoms with Crippen molar-refractivity contribution in [1.29, 1.82) is 0 Å². The molecular formula is C9H11F2N. The Labute approximate surface area is 70.2 Å². The van der Waals surface area contributed by atoms with Crippen LogP contribution in [0, 0.1) is 11.6 Å². The first-order valence-electron chi connectivity index (χ1n) is 3.80. The highest BCUT2D eigenvalue weighted by Crippen LogP contribution is 2.16. The van der Waals surface area contributed by atoms with Gasteiger partial charge >= 0.3 is 0 Å². The van der Waals surface area contributed by atoms with Gasteiger partial charge in [0.05, 0.1) is 0 Å². The van der Waals surface area contributed by atoms with Crippen LogP contribution in [-0.2, 0) is 0 Å². The minimum Gasteiger partial charge on any atom is -0.330 e. The van der Waals surface area contributed by atoms with Crippen LogP contribution in [0.2, 0.25) is 0 Å². The third kappa shape index (κ3) is 1.80. The molecule has 1 rings (SSSR count). The van der Waals surface area contributed by atoms with E-state index in [-0.39, 0.29) is 5.92 Å². The van der Waals surface area contributed by atoms with E-state index < -0.39 is 11.6 Å². The molecule has 0 aliphatic heterocycles. The predicted molar refractivity (Wildman–Crippen MR) is 43.8 cm³/mol. The van der Waals surface area contributed by atoms with Crippen LogP contribution in [0.5, 0.6) is 0 Å². The second kappa shape index (κ2) is 3.63. The van der Waals surface area contributed by atoms with E-state index in [2.05, 4.69) is 0 Å². The topological polar surface area (TPSA) is 26.0 Å². The first kappa shape index (κ1) is 9.13. The van der Waals surface area contributed by atoms with Gasteiger partial charge < -0.3 is 5.73 Å². The highest BCUT2D eigenvalue weighted by atomic mass is 19.2. The van der Waals surface area contributed by atoms with Gasteiger partial charge in [0.2, 0.25) is 0 Å². The minimum absolute atomic E-state index is 0.0695. The first-order valence-corrected chi connectivity index (χ1v) is 3.80. The van der Waals surface area contributed by atoms with Crippen molar-refractivity contribution in [3.8, 4) is 0 Å². The van der Waals surface area contributed by atoms with Gasteiger partial charge in [-0.1, -0.05) is 13.0 Å². The summed E-state index contributed by atoms with van der Waals surface area (Å²) in [7, 11) is 0. The minimum atomic E-state index is -0.817. The smallest absolute Gasteiger partial charge is 0.159 e. The fraction of sp³-hybridized carbons (Fsp3) is 0.333. The van der Waals surface area contributed by atoms with Crippen LogP contribution in [-0.4, -0.2) is 6.54 Å². The number of benzene rings is 1. The van der Waals surface area contributed by atoms with E-state index in [1.165, 1.54) is 6.07 Å². The molecule has 1 aromatic carbocycles. The molecule has 0 spiro atoms. The summed E-state index contributed by atoms with van der Waals surface area (Å²) >= 11 is 0. The van der Waals surface area contributed by atoms with Crippen molar-refractivity contribution in [1.82, 2.24) is 0 Å². The van der Waals surface area contributed by atoms with E-state index in [0.29, 0.717) is 6.54 Å². The van der Waals surface area contributed by atoms with Crippen LogP contribution in [0.3, 0.4) is 0 Å². The SMILES string of the molecule is C[C@@H](CN)c1ccc(F)c(F)c1. The largest absolute Gasteiger partial charge is 0.330 e. The average Bonchev–Trinajstić information content (AvgIpc) is 2.08. The van der Waals surface area contributed by atoms with Crippen molar-refractivity contribution >= 4 is 0 Å². The zero-order valence-corrected chi connectivity index (χ0v) is 6.85. The van der Waals surface area contributed by atoms with Gasteiger partial charge in [0.1, 0.15) is 0 Å². The highest BCUT2D eigenvalue weighted by molar-refractivity contribution is 5.21. The summed E-state index contributed by atoms with van der Waals surface area (Å²) in [5, 5.41) is 0. The van der Waals surface area contributed by atoms with E-state index in [4.69, 9.17) is 5.73 Å². The summed E-state index contributed by atoms with van der Waals surface area (Å²) in [5.41, 5.74) is 6.11. The molecule has 0 bridgehead atoms. The molecule has 1 atom stereocenters. The molecule has 0 fully saturated rings. The molecule has 12 heavy (non-hydrogen) atoms. The molecule has 0 saturated heterocycles. The van der Waals surface area contributed by atoms with Crippen LogP contribution in [0.1, 0.15) is 18.4 Å². The molecule has 0 saturated carbocycles. The molecule has 2 N–H and O–H groups in total. The third-order valence-corrected chi connectivity index (χ3v) is 1.87. The molecular weight excluding hydrogens is 160 g/mol. The van der Waals surface area contributed by atoms with E-state index in [1.54, 1.807) is 6.07 Å².